The summed E-state index contributed by atoms with van der Waals surface area (Å²) in [5.74, 6) is 2.60. The van der Waals surface area contributed by atoms with Crippen molar-refractivity contribution in [3.8, 4) is 132 Å². The van der Waals surface area contributed by atoms with E-state index in [1.807, 2.05) is 81.6 Å². The highest BCUT2D eigenvalue weighted by atomic mass is 32.1. The van der Waals surface area contributed by atoms with Crippen molar-refractivity contribution < 1.29 is 22.4 Å². The van der Waals surface area contributed by atoms with Crippen LogP contribution in [0.15, 0.2) is 227 Å². The van der Waals surface area contributed by atoms with Gasteiger partial charge in [0.25, 0.3) is 0 Å². The van der Waals surface area contributed by atoms with Crippen molar-refractivity contribution in [3.05, 3.63) is 253 Å². The minimum Gasteiger partial charge on any atom is -0.397 e. The van der Waals surface area contributed by atoms with E-state index < -0.39 is 0 Å². The third-order valence-electron chi connectivity index (χ3n) is 20.9. The van der Waals surface area contributed by atoms with Crippen LogP contribution in [0.2, 0.25) is 0 Å². The standard InChI is InChI=1S/C26H21FN8OS.C22H14FN7S.C21H13FN8S.C21H12FN7S/c1-13(2)5-22(36)31-16-6-14(8-28-10-16)15-7-17-24(34-35-25(17)30-9-15)26-32-19-12-29-11-18(23(19)33-26)20-3-4-21(27)37-20;1-11-4-5-24-8-14(11)12-6-13-20(29-30-21(13)26-7-12)22-27-16-10-25-9-15(19(16)28-22)17-2-3-18(23)31-17;22-17-2-1-16(31-17)14-8-25-9-15-18(14)28-21(27-15)19-13-4-11(6-26-20(13)30-29-19)10-3-12(23)7-24-5-10;22-17-4-3-16(30-17)14-9-24-10-15-18(14)27-21(26-15)19-13-6-12(8-25-20(13)29-28-19)11-2-1-5-23-7-11/h3-4,6-13H,5H2,1-2H3,(H,31,36)(H,32,33)(H,30,34,35);2-10H,1H3,(H,27,28)(H,26,29,30);1-9H,23H2,(H,27,28)(H,26,29,30);1-10H,(H,26,27)(H,25,28,29). The molecule has 0 spiro atoms. The Morgan fingerprint density at radius 1 is 0.364 bits per heavy atom. The average Bonchev–Trinajstić information content (AvgIpc) is 1.66. The molecule has 39 heteroatoms. The lowest BCUT2D eigenvalue weighted by molar-refractivity contribution is -0.116. The van der Waals surface area contributed by atoms with Crippen molar-refractivity contribution in [2.75, 3.05) is 11.1 Å². The number of aromatic nitrogens is 28. The molecule has 11 N–H and O–H groups in total. The number of nitrogen functional groups attached to an aromatic ring is 1. The summed E-state index contributed by atoms with van der Waals surface area (Å²) < 4.78 is 54.3. The summed E-state index contributed by atoms with van der Waals surface area (Å²) in [6.07, 6.45) is 34.8. The Morgan fingerprint density at radius 3 is 1.07 bits per heavy atom. The Bertz CT molecular complexity index is 8380. The minimum absolute atomic E-state index is 0.0521. The third-order valence-corrected chi connectivity index (χ3v) is 24.5. The van der Waals surface area contributed by atoms with E-state index in [1.54, 1.807) is 142 Å². The zero-order valence-corrected chi connectivity index (χ0v) is 70.5. The van der Waals surface area contributed by atoms with Gasteiger partial charge in [-0.3, -0.25) is 65.1 Å². The maximum atomic E-state index is 13.7. The van der Waals surface area contributed by atoms with Gasteiger partial charge in [-0.2, -0.15) is 38.0 Å². The first kappa shape index (κ1) is 79.5. The number of carbonyl (C=O) groups excluding carboxylic acids is 1. The molecule has 0 aromatic carbocycles. The summed E-state index contributed by atoms with van der Waals surface area (Å²) in [4.78, 5) is 99.5. The molecule has 31 nitrogen and oxygen atoms in total. The second kappa shape index (κ2) is 33.4. The Kier molecular flexibility index (Phi) is 20.6. The molecule has 0 aliphatic rings. The molecule has 0 aliphatic carbocycles. The fourth-order valence-electron chi connectivity index (χ4n) is 14.9. The molecule has 0 bridgehead atoms. The van der Waals surface area contributed by atoms with E-state index in [2.05, 4.69) is 126 Å². The van der Waals surface area contributed by atoms with Crippen LogP contribution in [-0.2, 0) is 4.79 Å². The van der Waals surface area contributed by atoms with Gasteiger partial charge in [0.05, 0.1) is 86.0 Å². The summed E-state index contributed by atoms with van der Waals surface area (Å²) in [5.41, 5.74) is 29.4. The number of nitrogens with one attached hydrogen (secondary N) is 9. The molecule has 0 saturated heterocycles. The van der Waals surface area contributed by atoms with Gasteiger partial charge >= 0.3 is 0 Å². The van der Waals surface area contributed by atoms with Crippen LogP contribution in [0.1, 0.15) is 25.8 Å². The van der Waals surface area contributed by atoms with Crippen molar-refractivity contribution in [3.63, 3.8) is 0 Å². The number of hydrogen-bond donors (Lipinski definition) is 10. The number of anilines is 2. The van der Waals surface area contributed by atoms with Crippen LogP contribution >= 0.6 is 45.3 Å². The molecular weight excluding hydrogens is 1720 g/mol. The van der Waals surface area contributed by atoms with Gasteiger partial charge < -0.3 is 31.0 Å². The van der Waals surface area contributed by atoms with Gasteiger partial charge in [-0.1, -0.05) is 19.9 Å². The first-order valence-corrected chi connectivity index (χ1v) is 42.8. The lowest BCUT2D eigenvalue weighted by atomic mass is 10.0. The van der Waals surface area contributed by atoms with Gasteiger partial charge in [0.1, 0.15) is 44.8 Å². The van der Waals surface area contributed by atoms with Crippen LogP contribution < -0.4 is 11.1 Å². The maximum Gasteiger partial charge on any atom is 0.224 e. The molecule has 0 fully saturated rings. The predicted octanol–water partition coefficient (Wildman–Crippen LogP) is 20.2. The normalized spacial score (nSPS) is 11.5. The quantitative estimate of drug-likeness (QED) is 0.0426. The number of aryl methyl sites for hydroxylation is 1. The summed E-state index contributed by atoms with van der Waals surface area (Å²) >= 11 is 4.25. The highest BCUT2D eigenvalue weighted by Crippen LogP contribution is 2.42. The molecule has 628 valence electrons. The van der Waals surface area contributed by atoms with Crippen LogP contribution in [0.4, 0.5) is 28.9 Å². The van der Waals surface area contributed by atoms with Crippen LogP contribution in [0.5, 0.6) is 0 Å². The predicted molar refractivity (Wildman–Crippen MR) is 490 cm³/mol. The monoisotopic (exact) mass is 1780 g/mol. The summed E-state index contributed by atoms with van der Waals surface area (Å²) in [6.45, 7) is 6.04. The van der Waals surface area contributed by atoms with Crippen LogP contribution in [-0.4, -0.2) is 146 Å². The molecule has 0 unspecified atom stereocenters. The van der Waals surface area contributed by atoms with Gasteiger partial charge in [0, 0.05) is 186 Å². The van der Waals surface area contributed by atoms with E-state index in [-0.39, 0.29) is 32.3 Å². The highest BCUT2D eigenvalue weighted by molar-refractivity contribution is 7.15. The minimum atomic E-state index is -0.265. The maximum absolute atomic E-state index is 13.7. The number of pyridine rings is 12. The van der Waals surface area contributed by atoms with Crippen LogP contribution in [0.25, 0.3) is 221 Å². The molecule has 24 aromatic heterocycles. The topological polar surface area (TPSA) is 439 Å². The number of imidazole rings is 4. The highest BCUT2D eigenvalue weighted by Gasteiger charge is 2.25. The molecule has 0 radical (unpaired) electrons. The first-order chi connectivity index (χ1) is 63.0. The number of nitrogens with two attached hydrogens (primary N) is 1. The van der Waals surface area contributed by atoms with E-state index in [0.29, 0.717) is 86.1 Å². The lowest BCUT2D eigenvalue weighted by Gasteiger charge is -2.08. The summed E-state index contributed by atoms with van der Waals surface area (Å²) in [5, 5.41) is 34.6. The Hall–Kier alpha value is -16.7. The number of rotatable bonds is 15. The Morgan fingerprint density at radius 2 is 0.705 bits per heavy atom. The van der Waals surface area contributed by atoms with Gasteiger partial charge in [0.2, 0.25) is 5.91 Å². The molecule has 129 heavy (non-hydrogen) atoms. The molecule has 0 atom stereocenters. The van der Waals surface area contributed by atoms with Gasteiger partial charge in [-0.05, 0) is 115 Å². The van der Waals surface area contributed by atoms with Crippen molar-refractivity contribution in [2.24, 2.45) is 5.92 Å². The number of thiophene rings is 4. The van der Waals surface area contributed by atoms with Gasteiger partial charge in [0.15, 0.2) is 66.4 Å². The van der Waals surface area contributed by atoms with Crippen molar-refractivity contribution in [1.82, 2.24) is 140 Å². The van der Waals surface area contributed by atoms with E-state index in [1.165, 1.54) is 24.3 Å². The number of carbonyl (C=O) groups is 1. The lowest BCUT2D eigenvalue weighted by Crippen LogP contribution is -2.13. The smallest absolute Gasteiger partial charge is 0.224 e. The Balaban J connectivity index is 0.000000105. The second-order valence-corrected chi connectivity index (χ2v) is 34.0. The second-order valence-electron chi connectivity index (χ2n) is 29.9. The van der Waals surface area contributed by atoms with Gasteiger partial charge in [-0.25, -0.2) is 39.9 Å². The van der Waals surface area contributed by atoms with E-state index >= 15 is 0 Å². The molecule has 24 heterocycles. The fraction of sp³-hybridized carbons (Fsp3) is 0.0556. The summed E-state index contributed by atoms with van der Waals surface area (Å²) in [7, 11) is 0. The number of nitrogens with zero attached hydrogens (tertiary/aromatic N) is 20. The third kappa shape index (κ3) is 15.8. The number of hydrogen-bond acceptors (Lipinski definition) is 26. The average molecular weight is 1780 g/mol. The molecule has 0 aliphatic heterocycles. The van der Waals surface area contributed by atoms with Gasteiger partial charge in [-0.15, -0.1) is 45.3 Å². The van der Waals surface area contributed by atoms with E-state index in [4.69, 9.17) is 25.7 Å². The number of halogens is 4. The first-order valence-electron chi connectivity index (χ1n) is 39.6. The number of fused-ring (bicyclic) bond motifs is 8. The van der Waals surface area contributed by atoms with Crippen LogP contribution in [0.3, 0.4) is 0 Å². The van der Waals surface area contributed by atoms with E-state index in [9.17, 15) is 22.4 Å². The van der Waals surface area contributed by atoms with Crippen molar-refractivity contribution in [1.29, 1.82) is 0 Å². The van der Waals surface area contributed by atoms with Crippen molar-refractivity contribution in [2.45, 2.75) is 27.2 Å². The number of amides is 1. The SMILES string of the molecule is CC(C)CC(=O)Nc1cncc(-c2cnc3n[nH]c(-c4nc5c(-c6ccc(F)s6)cncc5[nH]4)c3c2)c1.Cc1ccncc1-c1cnc2n[nH]c(-c3nc4c(-c5ccc(F)s5)cncc4[nH]3)c2c1.Fc1ccc(-c2cncc3[nH]c(-c4[nH]nc5ncc(-c6cccnc6)cc45)nc23)s1.Nc1cncc(-c2cnc3n[nH]c(-c4nc5c(-c6ccc(F)s6)cncc5[nH]4)c3c2)c1. The zero-order valence-electron chi connectivity index (χ0n) is 67.2. The van der Waals surface area contributed by atoms with E-state index in [0.717, 1.165) is 203 Å². The number of H-pyrrole nitrogens is 8. The number of aromatic amines is 8. The van der Waals surface area contributed by atoms with Crippen molar-refractivity contribution >= 4 is 151 Å². The molecule has 0 saturated carbocycles. The molecule has 1 amide bonds. The molecule has 24 rings (SSSR count). The fourth-order valence-corrected chi connectivity index (χ4v) is 17.8. The summed E-state index contributed by atoms with van der Waals surface area (Å²) in [6, 6.07) is 30.2. The molecule has 24 aromatic rings. The Labute approximate surface area is 738 Å². The zero-order chi connectivity index (χ0) is 87.5. The molecular formula is C90H60F4N30OS4. The largest absolute Gasteiger partial charge is 0.397 e. The van der Waals surface area contributed by atoms with Crippen LogP contribution in [0, 0.1) is 33.4 Å².